The van der Waals surface area contributed by atoms with Gasteiger partial charge in [-0.2, -0.15) is 0 Å². The summed E-state index contributed by atoms with van der Waals surface area (Å²) in [7, 11) is 1.89. The first-order valence-electron chi connectivity index (χ1n) is 6.71. The maximum absolute atomic E-state index is 11.9. The van der Waals surface area contributed by atoms with Gasteiger partial charge in [0.15, 0.2) is 5.82 Å². The van der Waals surface area contributed by atoms with E-state index in [0.717, 1.165) is 24.2 Å². The molecule has 0 unspecified atom stereocenters. The highest BCUT2D eigenvalue weighted by Gasteiger charge is 2.31. The Balaban J connectivity index is 2.02. The quantitative estimate of drug-likeness (QED) is 0.795. The maximum Gasteiger partial charge on any atom is 0.341 e. The number of aryl methyl sites for hydroxylation is 1. The number of hydrogen-bond acceptors (Lipinski definition) is 5. The van der Waals surface area contributed by atoms with Gasteiger partial charge in [-0.05, 0) is 19.8 Å². The fraction of sp³-hybridized carbons (Fsp3) is 0.429. The van der Waals surface area contributed by atoms with Crippen molar-refractivity contribution in [3.05, 3.63) is 30.0 Å². The van der Waals surface area contributed by atoms with Crippen LogP contribution in [0.1, 0.15) is 41.7 Å². The molecule has 1 aliphatic rings. The van der Waals surface area contributed by atoms with Crippen LogP contribution < -0.4 is 0 Å². The third-order valence-electron chi connectivity index (χ3n) is 3.32. The molecule has 0 bridgehead atoms. The van der Waals surface area contributed by atoms with E-state index < -0.39 is 0 Å². The van der Waals surface area contributed by atoms with Gasteiger partial charge in [-0.15, -0.1) is 0 Å². The second-order valence-electron chi connectivity index (χ2n) is 4.88. The van der Waals surface area contributed by atoms with E-state index in [9.17, 15) is 4.79 Å². The molecule has 2 aromatic heterocycles. The summed E-state index contributed by atoms with van der Waals surface area (Å²) in [5.41, 5.74) is 2.12. The molecular weight excluding hydrogens is 256 g/mol. The molecule has 0 amide bonds. The normalized spacial score (nSPS) is 14.3. The Labute approximate surface area is 116 Å². The molecule has 6 nitrogen and oxygen atoms in total. The smallest absolute Gasteiger partial charge is 0.341 e. The molecule has 1 saturated carbocycles. The molecule has 0 N–H and O–H groups in total. The number of nitrogens with zero attached hydrogens (tertiary/aromatic N) is 4. The van der Waals surface area contributed by atoms with Crippen LogP contribution in [-0.4, -0.2) is 32.1 Å². The standard InChI is InChI=1S/C14H16N4O2/c1-3-20-14(19)10-6-16-13(11-7-15-8-18(11)2)17-12(10)9-4-5-9/h6-9H,3-5H2,1-2H3. The van der Waals surface area contributed by atoms with Gasteiger partial charge in [0.05, 0.1) is 30.4 Å². The first-order valence-corrected chi connectivity index (χ1v) is 6.71. The lowest BCUT2D eigenvalue weighted by Gasteiger charge is -2.09. The molecule has 0 atom stereocenters. The fourth-order valence-corrected chi connectivity index (χ4v) is 2.13. The molecule has 2 heterocycles. The third kappa shape index (κ3) is 2.29. The van der Waals surface area contributed by atoms with Crippen LogP contribution in [0.4, 0.5) is 0 Å². The van der Waals surface area contributed by atoms with Gasteiger partial charge < -0.3 is 9.30 Å². The molecule has 0 saturated heterocycles. The summed E-state index contributed by atoms with van der Waals surface area (Å²) >= 11 is 0. The minimum atomic E-state index is -0.342. The van der Waals surface area contributed by atoms with Gasteiger partial charge in [0.25, 0.3) is 0 Å². The Morgan fingerprint density at radius 2 is 2.25 bits per heavy atom. The summed E-state index contributed by atoms with van der Waals surface area (Å²) in [5.74, 6) is 0.607. The molecular formula is C14H16N4O2. The van der Waals surface area contributed by atoms with Crippen LogP contribution in [0.5, 0.6) is 0 Å². The minimum absolute atomic E-state index is 0.342. The van der Waals surface area contributed by atoms with Crippen molar-refractivity contribution in [3.8, 4) is 11.5 Å². The van der Waals surface area contributed by atoms with Gasteiger partial charge in [-0.1, -0.05) is 0 Å². The number of rotatable bonds is 4. The average Bonchev–Trinajstić information content (AvgIpc) is 3.20. The van der Waals surface area contributed by atoms with E-state index in [1.54, 1.807) is 25.6 Å². The lowest BCUT2D eigenvalue weighted by molar-refractivity contribution is 0.0524. The highest BCUT2D eigenvalue weighted by molar-refractivity contribution is 5.90. The zero-order valence-electron chi connectivity index (χ0n) is 11.5. The lowest BCUT2D eigenvalue weighted by Crippen LogP contribution is -2.11. The third-order valence-corrected chi connectivity index (χ3v) is 3.32. The van der Waals surface area contributed by atoms with Gasteiger partial charge in [-0.25, -0.2) is 19.7 Å². The second-order valence-corrected chi connectivity index (χ2v) is 4.88. The van der Waals surface area contributed by atoms with Crippen LogP contribution in [0, 0.1) is 0 Å². The number of carbonyl (C=O) groups is 1. The Hall–Kier alpha value is -2.24. The van der Waals surface area contributed by atoms with Gasteiger partial charge in [0, 0.05) is 19.2 Å². The summed E-state index contributed by atoms with van der Waals surface area (Å²) < 4.78 is 6.92. The number of imidazole rings is 1. The highest BCUT2D eigenvalue weighted by Crippen LogP contribution is 2.41. The van der Waals surface area contributed by atoms with Crippen LogP contribution in [0.25, 0.3) is 11.5 Å². The minimum Gasteiger partial charge on any atom is -0.462 e. The first kappa shape index (κ1) is 12.8. The van der Waals surface area contributed by atoms with E-state index in [2.05, 4.69) is 15.0 Å². The van der Waals surface area contributed by atoms with Crippen LogP contribution in [0.15, 0.2) is 18.7 Å². The number of aromatic nitrogens is 4. The van der Waals surface area contributed by atoms with E-state index in [-0.39, 0.29) is 5.97 Å². The zero-order chi connectivity index (χ0) is 14.1. The Bertz CT molecular complexity index is 646. The molecule has 1 aliphatic carbocycles. The Morgan fingerprint density at radius 3 is 2.85 bits per heavy atom. The second kappa shape index (κ2) is 5.03. The topological polar surface area (TPSA) is 69.9 Å². The highest BCUT2D eigenvalue weighted by atomic mass is 16.5. The summed E-state index contributed by atoms with van der Waals surface area (Å²) in [4.78, 5) is 24.9. The molecule has 0 aliphatic heterocycles. The molecule has 1 fully saturated rings. The van der Waals surface area contributed by atoms with E-state index in [0.29, 0.717) is 23.9 Å². The molecule has 0 spiro atoms. The molecule has 20 heavy (non-hydrogen) atoms. The van der Waals surface area contributed by atoms with Crippen molar-refractivity contribution in [2.45, 2.75) is 25.7 Å². The summed E-state index contributed by atoms with van der Waals surface area (Å²) in [6, 6.07) is 0. The molecule has 6 heteroatoms. The maximum atomic E-state index is 11.9. The van der Waals surface area contributed by atoms with Crippen LogP contribution >= 0.6 is 0 Å². The molecule has 0 radical (unpaired) electrons. The number of ether oxygens (including phenoxy) is 1. The van der Waals surface area contributed by atoms with Gasteiger partial charge in [-0.3, -0.25) is 0 Å². The van der Waals surface area contributed by atoms with Crippen LogP contribution in [0.2, 0.25) is 0 Å². The van der Waals surface area contributed by atoms with Crippen molar-refractivity contribution < 1.29 is 9.53 Å². The van der Waals surface area contributed by atoms with Gasteiger partial charge in [0.1, 0.15) is 5.69 Å². The Kier molecular flexibility index (Phi) is 3.22. The monoisotopic (exact) mass is 272 g/mol. The summed E-state index contributed by atoms with van der Waals surface area (Å²) in [6.07, 6.45) is 7.12. The lowest BCUT2D eigenvalue weighted by atomic mass is 10.1. The van der Waals surface area contributed by atoms with E-state index in [4.69, 9.17) is 4.74 Å². The van der Waals surface area contributed by atoms with Gasteiger partial charge >= 0.3 is 5.97 Å². The predicted octanol–water partition coefficient (Wildman–Crippen LogP) is 1.93. The average molecular weight is 272 g/mol. The molecule has 104 valence electrons. The SMILES string of the molecule is CCOC(=O)c1cnc(-c2cncn2C)nc1C1CC1. The predicted molar refractivity (Wildman–Crippen MR) is 72.2 cm³/mol. The summed E-state index contributed by atoms with van der Waals surface area (Å²) in [5, 5.41) is 0. The Morgan fingerprint density at radius 1 is 1.45 bits per heavy atom. The van der Waals surface area contributed by atoms with E-state index >= 15 is 0 Å². The molecule has 0 aromatic carbocycles. The summed E-state index contributed by atoms with van der Waals surface area (Å²) in [6.45, 7) is 2.14. The van der Waals surface area contributed by atoms with Crippen molar-refractivity contribution in [2.75, 3.05) is 6.61 Å². The number of esters is 1. The first-order chi connectivity index (χ1) is 9.70. The van der Waals surface area contributed by atoms with Crippen LogP contribution in [0.3, 0.4) is 0 Å². The van der Waals surface area contributed by atoms with Crippen molar-refractivity contribution in [2.24, 2.45) is 7.05 Å². The van der Waals surface area contributed by atoms with Crippen molar-refractivity contribution in [3.63, 3.8) is 0 Å². The largest absolute Gasteiger partial charge is 0.462 e. The van der Waals surface area contributed by atoms with Gasteiger partial charge in [0.2, 0.25) is 0 Å². The van der Waals surface area contributed by atoms with E-state index in [1.165, 1.54) is 0 Å². The molecule has 2 aromatic rings. The zero-order valence-corrected chi connectivity index (χ0v) is 11.5. The molecule has 3 rings (SSSR count). The van der Waals surface area contributed by atoms with Crippen molar-refractivity contribution in [1.29, 1.82) is 0 Å². The van der Waals surface area contributed by atoms with E-state index in [1.807, 2.05) is 11.6 Å². The van der Waals surface area contributed by atoms with Crippen molar-refractivity contribution in [1.82, 2.24) is 19.5 Å². The number of hydrogen-bond donors (Lipinski definition) is 0. The fourth-order valence-electron chi connectivity index (χ4n) is 2.13. The van der Waals surface area contributed by atoms with Crippen molar-refractivity contribution >= 4 is 5.97 Å². The number of carbonyl (C=O) groups excluding carboxylic acids is 1. The van der Waals surface area contributed by atoms with Crippen LogP contribution in [-0.2, 0) is 11.8 Å².